The van der Waals surface area contributed by atoms with Crippen LogP contribution in [0.2, 0.25) is 0 Å². The van der Waals surface area contributed by atoms with E-state index in [2.05, 4.69) is 71.8 Å². The molecule has 119 heavy (non-hydrogen) atoms. The molecule has 14 N–H and O–H groups in total. The molecule has 33 heteroatoms. The number of aryl methyl sites for hydroxylation is 1. The van der Waals surface area contributed by atoms with Crippen LogP contribution < -0.4 is 42.5 Å². The molecular formula is C86H65F3N16O10S4. The van der Waals surface area contributed by atoms with Gasteiger partial charge in [-0.05, 0) is 154 Å². The molecule has 0 saturated heterocycles. The Morgan fingerprint density at radius 2 is 0.664 bits per heavy atom. The number of urea groups is 4. The minimum Gasteiger partial charge on any atom is -0.508 e. The monoisotopic (exact) mass is 1670 g/mol. The van der Waals surface area contributed by atoms with Crippen molar-refractivity contribution in [3.8, 4) is 104 Å². The summed E-state index contributed by atoms with van der Waals surface area (Å²) in [5.41, 5.74) is 15.4. The van der Waals surface area contributed by atoms with Gasteiger partial charge in [0.2, 0.25) is 0 Å². The SMILES string of the molecule is CC1=C(c2nc(-c3ccc(C#N)cc3)cs2)C(c2cc(C)cc(C(F)(F)F)c2)NC(=O)N1.CC1=C(c2nc(-c3ccc(C#N)cc3)cs2)C(c2cc(O)cc(O)c2)NC(=O)N1.CC1=C(c2nc(-c3ccc(C#N)cc3)cs2)C(c2cc(O)ccc2O)NC(=O)N1.CC1=C(c2nc(-c3ccc(C#N)cc3)cs2)C(c2ccc(O)c(O)c2)NC(=O)N1. The van der Waals surface area contributed by atoms with Crippen molar-refractivity contribution in [2.24, 2.45) is 0 Å². The number of thiazole rings is 4. The van der Waals surface area contributed by atoms with Crippen molar-refractivity contribution in [1.82, 2.24) is 62.5 Å². The summed E-state index contributed by atoms with van der Waals surface area (Å²) in [5, 5.41) is 128. The minimum absolute atomic E-state index is 0.0139. The number of amides is 8. The number of aromatic hydroxyl groups is 6. The molecule has 0 aliphatic carbocycles. The number of phenols is 6. The summed E-state index contributed by atoms with van der Waals surface area (Å²) in [6.07, 6.45) is -4.50. The van der Waals surface area contributed by atoms with Crippen molar-refractivity contribution in [3.63, 3.8) is 0 Å². The molecule has 4 aromatic heterocycles. The highest BCUT2D eigenvalue weighted by molar-refractivity contribution is 7.12. The summed E-state index contributed by atoms with van der Waals surface area (Å²) in [6, 6.07) is 49.2. The van der Waals surface area contributed by atoms with Crippen molar-refractivity contribution in [1.29, 1.82) is 21.0 Å². The number of benzene rings is 8. The highest BCUT2D eigenvalue weighted by atomic mass is 32.1. The summed E-state index contributed by atoms with van der Waals surface area (Å²) in [4.78, 5) is 67.2. The maximum Gasteiger partial charge on any atom is 0.416 e. The lowest BCUT2D eigenvalue weighted by Crippen LogP contribution is -2.43. The normalized spacial score (nSPS) is 16.2. The van der Waals surface area contributed by atoms with E-state index in [0.29, 0.717) is 110 Å². The molecule has 0 bridgehead atoms. The Bertz CT molecular complexity index is 6300. The van der Waals surface area contributed by atoms with Crippen LogP contribution in [-0.4, -0.2) is 74.7 Å². The predicted molar refractivity (Wildman–Crippen MR) is 443 cm³/mol. The van der Waals surface area contributed by atoms with Crippen LogP contribution in [0, 0.1) is 52.2 Å². The first-order chi connectivity index (χ1) is 57.0. The number of rotatable bonds is 12. The number of phenolic OH excluding ortho intramolecular Hbond substituents is 6. The van der Waals surface area contributed by atoms with Crippen LogP contribution in [0.5, 0.6) is 34.5 Å². The average molecular weight is 1670 g/mol. The van der Waals surface area contributed by atoms with Gasteiger partial charge in [-0.25, -0.2) is 39.1 Å². The lowest BCUT2D eigenvalue weighted by Gasteiger charge is -2.29. The molecule has 0 saturated carbocycles. The number of aromatic nitrogens is 4. The molecule has 8 heterocycles. The standard InChI is InChI=1S/C23H17F3N4OS.3C21H16N4O3S/c1-12-7-16(9-17(8-12)23(24,25)26)20-19(13(2)28-22(31)30-20)21-29-18(11-32-21)15-5-3-14(10-27)4-6-15;1-11-18(19(25-21(28)23-11)14-6-15(26)8-16(27)7-14)20-24-17(10-29-20)13-4-2-12(9-22)3-5-13;1-11-18(19(25-21(28)23-11)14-6-7-16(26)17(27)8-14)20-24-15(10-29-20)13-4-2-12(9-22)3-5-13;1-11-18(19(25-21(28)23-11)15-8-14(26)6-7-17(15)27)20-24-16(10-29-20)13-4-2-12(9-22)3-5-13/h3-9,11,20H,1-2H3,(H2,28,30,31);3*2-8,10,19,26-27H,1H3,(H2,23,25,28). The molecule has 4 atom stereocenters. The predicted octanol–water partition coefficient (Wildman–Crippen LogP) is 17.4. The molecule has 4 aliphatic rings. The van der Waals surface area contributed by atoms with E-state index in [9.17, 15) is 63.0 Å². The van der Waals surface area contributed by atoms with Gasteiger partial charge >= 0.3 is 30.3 Å². The zero-order valence-corrected chi connectivity index (χ0v) is 66.2. The molecule has 12 aromatic rings. The van der Waals surface area contributed by atoms with Gasteiger partial charge in [0.05, 0.1) is 99.0 Å². The summed E-state index contributed by atoms with van der Waals surface area (Å²) >= 11 is 5.59. The molecular weight excluding hydrogens is 1600 g/mol. The summed E-state index contributed by atoms with van der Waals surface area (Å²) < 4.78 is 40.2. The maximum atomic E-state index is 13.4. The van der Waals surface area contributed by atoms with Gasteiger partial charge in [-0.15, -0.1) is 45.3 Å². The fourth-order valence-electron chi connectivity index (χ4n) is 13.3. The fraction of sp³-hybridized carbons (Fsp3) is 0.116. The third-order valence-electron chi connectivity index (χ3n) is 18.9. The van der Waals surface area contributed by atoms with E-state index in [1.165, 1.54) is 93.9 Å². The van der Waals surface area contributed by atoms with Gasteiger partial charge in [0.25, 0.3) is 0 Å². The lowest BCUT2D eigenvalue weighted by atomic mass is 9.93. The van der Waals surface area contributed by atoms with E-state index in [-0.39, 0.29) is 46.6 Å². The Kier molecular flexibility index (Phi) is 24.0. The average Bonchev–Trinajstić information content (AvgIpc) is 1.75. The highest BCUT2D eigenvalue weighted by Crippen LogP contribution is 2.46. The first-order valence-corrected chi connectivity index (χ1v) is 39.3. The Morgan fingerprint density at radius 3 is 1.00 bits per heavy atom. The summed E-state index contributed by atoms with van der Waals surface area (Å²) in [5.74, 6) is -0.730. The Morgan fingerprint density at radius 1 is 0.345 bits per heavy atom. The van der Waals surface area contributed by atoms with Crippen molar-refractivity contribution in [2.45, 2.75) is 65.0 Å². The number of nitrogens with one attached hydrogen (secondary N) is 8. The molecule has 0 spiro atoms. The largest absolute Gasteiger partial charge is 0.508 e. The van der Waals surface area contributed by atoms with Crippen LogP contribution in [0.15, 0.2) is 214 Å². The Hall–Kier alpha value is -15.1. The van der Waals surface area contributed by atoms with Gasteiger partial charge < -0.3 is 73.2 Å². The third-order valence-corrected chi connectivity index (χ3v) is 22.4. The maximum absolute atomic E-state index is 13.4. The molecule has 0 radical (unpaired) electrons. The topological polar surface area (TPSA) is 433 Å². The summed E-state index contributed by atoms with van der Waals surface area (Å²) in [6.45, 7) is 8.63. The van der Waals surface area contributed by atoms with E-state index in [1.807, 2.05) is 57.9 Å². The van der Waals surface area contributed by atoms with Gasteiger partial charge in [-0.3, -0.25) is 0 Å². The number of alkyl halides is 3. The smallest absolute Gasteiger partial charge is 0.416 e. The zero-order chi connectivity index (χ0) is 84.7. The van der Waals surface area contributed by atoms with Crippen LogP contribution in [-0.2, 0) is 6.18 Å². The van der Waals surface area contributed by atoms with Crippen LogP contribution in [0.3, 0.4) is 0 Å². The van der Waals surface area contributed by atoms with Crippen molar-refractivity contribution < 1.29 is 63.0 Å². The summed E-state index contributed by atoms with van der Waals surface area (Å²) in [7, 11) is 0. The molecule has 0 fully saturated rings. The number of hydrogen-bond acceptors (Lipinski definition) is 22. The van der Waals surface area contributed by atoms with E-state index in [0.717, 1.165) is 62.6 Å². The zero-order valence-electron chi connectivity index (χ0n) is 62.9. The Labute approximate surface area is 692 Å². The quantitative estimate of drug-likeness (QED) is 0.0399. The molecule has 26 nitrogen and oxygen atoms in total. The highest BCUT2D eigenvalue weighted by Gasteiger charge is 2.37. The van der Waals surface area contributed by atoms with Gasteiger partial charge in [-0.2, -0.15) is 34.2 Å². The third kappa shape index (κ3) is 18.7. The molecule has 8 amide bonds. The molecule has 4 unspecified atom stereocenters. The molecule has 4 aliphatic heterocycles. The van der Waals surface area contributed by atoms with E-state index in [1.54, 1.807) is 107 Å². The van der Waals surface area contributed by atoms with Crippen LogP contribution in [0.1, 0.15) is 128 Å². The first-order valence-electron chi connectivity index (χ1n) is 35.8. The number of allylic oxidation sites excluding steroid dienone is 4. The van der Waals surface area contributed by atoms with E-state index < -0.39 is 48.0 Å². The van der Waals surface area contributed by atoms with Gasteiger partial charge in [-0.1, -0.05) is 66.2 Å². The van der Waals surface area contributed by atoms with Gasteiger partial charge in [0.15, 0.2) is 11.5 Å². The molecule has 8 aromatic carbocycles. The van der Waals surface area contributed by atoms with E-state index in [4.69, 9.17) is 36.0 Å². The van der Waals surface area contributed by atoms with Crippen molar-refractivity contribution in [2.75, 3.05) is 0 Å². The molecule has 16 rings (SSSR count). The van der Waals surface area contributed by atoms with Crippen LogP contribution >= 0.6 is 45.3 Å². The van der Waals surface area contributed by atoms with Crippen LogP contribution in [0.25, 0.3) is 67.3 Å². The second-order valence-corrected chi connectivity index (χ2v) is 30.5. The van der Waals surface area contributed by atoms with Crippen LogP contribution in [0.4, 0.5) is 32.3 Å². The first kappa shape index (κ1) is 81.9. The number of nitriles is 4. The van der Waals surface area contributed by atoms with Crippen molar-refractivity contribution >= 4 is 91.8 Å². The number of nitrogens with zero attached hydrogens (tertiary/aromatic N) is 8. The number of hydrogen-bond donors (Lipinski definition) is 14. The molecule has 594 valence electrons. The van der Waals surface area contributed by atoms with Gasteiger partial charge in [0.1, 0.15) is 43.0 Å². The number of halogens is 3. The lowest BCUT2D eigenvalue weighted by molar-refractivity contribution is -0.137. The fourth-order valence-corrected chi connectivity index (χ4v) is 17.1. The van der Waals surface area contributed by atoms with Crippen molar-refractivity contribution in [3.05, 3.63) is 290 Å². The van der Waals surface area contributed by atoms with Gasteiger partial charge in [0, 0.05) is 100 Å². The second-order valence-electron chi connectivity index (χ2n) is 27.1. The number of carbonyl (C=O) groups excluding carboxylic acids is 4. The van der Waals surface area contributed by atoms with E-state index >= 15 is 0 Å². The Balaban J connectivity index is 0.000000137. The second kappa shape index (κ2) is 34.9. The number of carbonyl (C=O) groups is 4. The minimum atomic E-state index is -4.50.